The lowest BCUT2D eigenvalue weighted by Crippen LogP contribution is -2.56. The highest BCUT2D eigenvalue weighted by molar-refractivity contribution is 7.17. The number of aromatic nitrogens is 1. The van der Waals surface area contributed by atoms with Gasteiger partial charge in [0.25, 0.3) is 17.4 Å². The number of nitrogens with zero attached hydrogens (tertiary/aromatic N) is 1. The van der Waals surface area contributed by atoms with E-state index in [1.165, 1.54) is 13.0 Å². The zero-order chi connectivity index (χ0) is 20.5. The fourth-order valence-corrected chi connectivity index (χ4v) is 3.40. The van der Waals surface area contributed by atoms with Gasteiger partial charge in [-0.3, -0.25) is 14.9 Å². The molecule has 146 valence electrons. The van der Waals surface area contributed by atoms with Crippen molar-refractivity contribution >= 4 is 39.9 Å². The molecule has 28 heavy (non-hydrogen) atoms. The lowest BCUT2D eigenvalue weighted by atomic mass is 10.0. The zero-order valence-corrected chi connectivity index (χ0v) is 16.4. The van der Waals surface area contributed by atoms with E-state index in [4.69, 9.17) is 9.47 Å². The molecule has 2 amide bonds. The first-order chi connectivity index (χ1) is 13.2. The second-order valence-electron chi connectivity index (χ2n) is 6.36. The molecule has 3 rings (SSSR count). The van der Waals surface area contributed by atoms with Gasteiger partial charge in [0.1, 0.15) is 17.2 Å². The van der Waals surface area contributed by atoms with E-state index in [1.807, 2.05) is 13.0 Å². The van der Waals surface area contributed by atoms with Crippen LogP contribution in [0.25, 0.3) is 0 Å². The van der Waals surface area contributed by atoms with Crippen LogP contribution in [0.4, 0.5) is 10.8 Å². The summed E-state index contributed by atoms with van der Waals surface area (Å²) in [5, 5.41) is 5.41. The minimum atomic E-state index is -1.79. The molecule has 1 aromatic carbocycles. The van der Waals surface area contributed by atoms with Crippen LogP contribution >= 0.6 is 11.3 Å². The fourth-order valence-electron chi connectivity index (χ4n) is 2.54. The van der Waals surface area contributed by atoms with Crippen molar-refractivity contribution in [2.45, 2.75) is 26.4 Å². The van der Waals surface area contributed by atoms with Gasteiger partial charge in [0.05, 0.1) is 11.4 Å². The van der Waals surface area contributed by atoms with Crippen molar-refractivity contribution in [2.24, 2.45) is 0 Å². The predicted octanol–water partition coefficient (Wildman–Crippen LogP) is 2.83. The maximum Gasteiger partial charge on any atom is 0.350 e. The molecule has 0 radical (unpaired) electrons. The van der Waals surface area contributed by atoms with Gasteiger partial charge in [0.2, 0.25) is 0 Å². The molecule has 0 saturated heterocycles. The third-order valence-corrected chi connectivity index (χ3v) is 5.15. The molecular formula is C19H19N3O5S. The Labute approximate surface area is 165 Å². The standard InChI is InChI=1S/C19H19N3O5S/c1-5-8-26-15(23)14-11(3)20-18(28-14)22-17(25)19(4)16(24)21-12-9-10(2)6-7-13(12)27-19/h5-7,9H,1,8H2,2-4H3,(H,21,24)(H,20,22,25). The third-order valence-electron chi connectivity index (χ3n) is 4.10. The predicted molar refractivity (Wildman–Crippen MR) is 105 cm³/mol. The molecule has 0 aliphatic carbocycles. The highest BCUT2D eigenvalue weighted by Crippen LogP contribution is 2.35. The van der Waals surface area contributed by atoms with Gasteiger partial charge in [-0.15, -0.1) is 0 Å². The Kier molecular flexibility index (Phi) is 5.19. The average molecular weight is 401 g/mol. The summed E-state index contributed by atoms with van der Waals surface area (Å²) in [4.78, 5) is 41.7. The van der Waals surface area contributed by atoms with E-state index in [2.05, 4.69) is 22.2 Å². The summed E-state index contributed by atoms with van der Waals surface area (Å²) in [6, 6.07) is 5.27. The van der Waals surface area contributed by atoms with Gasteiger partial charge in [0.15, 0.2) is 5.13 Å². The summed E-state index contributed by atoms with van der Waals surface area (Å²) in [5.74, 6) is -1.46. The van der Waals surface area contributed by atoms with Crippen LogP contribution in [0.1, 0.15) is 27.9 Å². The number of fused-ring (bicyclic) bond motifs is 1. The van der Waals surface area contributed by atoms with Gasteiger partial charge in [-0.05, 0) is 38.5 Å². The van der Waals surface area contributed by atoms with E-state index in [0.717, 1.165) is 16.9 Å². The molecule has 0 fully saturated rings. The molecule has 9 heteroatoms. The first-order valence-electron chi connectivity index (χ1n) is 8.42. The van der Waals surface area contributed by atoms with Crippen molar-refractivity contribution in [1.29, 1.82) is 0 Å². The van der Waals surface area contributed by atoms with E-state index < -0.39 is 23.4 Å². The number of rotatable bonds is 5. The number of carbonyl (C=O) groups is 3. The van der Waals surface area contributed by atoms with Gasteiger partial charge in [-0.2, -0.15) is 0 Å². The maximum atomic E-state index is 12.8. The van der Waals surface area contributed by atoms with Crippen LogP contribution in [-0.4, -0.2) is 35.0 Å². The molecule has 2 heterocycles. The molecule has 2 N–H and O–H groups in total. The highest BCUT2D eigenvalue weighted by Gasteiger charge is 2.47. The molecular weight excluding hydrogens is 382 g/mol. The second kappa shape index (κ2) is 7.43. The first kappa shape index (κ1) is 19.6. The number of nitrogens with one attached hydrogen (secondary N) is 2. The Morgan fingerprint density at radius 2 is 2.18 bits per heavy atom. The van der Waals surface area contributed by atoms with Gasteiger partial charge < -0.3 is 14.8 Å². The molecule has 0 saturated carbocycles. The van der Waals surface area contributed by atoms with Crippen molar-refractivity contribution in [3.63, 3.8) is 0 Å². The van der Waals surface area contributed by atoms with Gasteiger partial charge in [0, 0.05) is 0 Å². The monoisotopic (exact) mass is 401 g/mol. The lowest BCUT2D eigenvalue weighted by Gasteiger charge is -2.33. The number of hydrogen-bond acceptors (Lipinski definition) is 7. The van der Waals surface area contributed by atoms with Gasteiger partial charge in [-0.1, -0.05) is 30.1 Å². The van der Waals surface area contributed by atoms with E-state index >= 15 is 0 Å². The van der Waals surface area contributed by atoms with Crippen molar-refractivity contribution < 1.29 is 23.9 Å². The van der Waals surface area contributed by atoms with Crippen LogP contribution in [0.5, 0.6) is 5.75 Å². The Bertz CT molecular complexity index is 984. The Morgan fingerprint density at radius 3 is 2.89 bits per heavy atom. The number of esters is 1. The van der Waals surface area contributed by atoms with Crippen molar-refractivity contribution in [1.82, 2.24) is 4.98 Å². The number of ether oxygens (including phenoxy) is 2. The van der Waals surface area contributed by atoms with E-state index in [-0.39, 0.29) is 16.6 Å². The summed E-state index contributed by atoms with van der Waals surface area (Å²) in [6.07, 6.45) is 1.45. The third kappa shape index (κ3) is 3.61. The van der Waals surface area contributed by atoms with Gasteiger partial charge >= 0.3 is 5.97 Å². The SMILES string of the molecule is C=CCOC(=O)c1sc(NC(=O)C2(C)Oc3ccc(C)cc3NC2=O)nc1C. The molecule has 0 spiro atoms. The van der Waals surface area contributed by atoms with E-state index in [9.17, 15) is 14.4 Å². The van der Waals surface area contributed by atoms with Crippen LogP contribution in [0, 0.1) is 13.8 Å². The number of aryl methyl sites for hydroxylation is 2. The lowest BCUT2D eigenvalue weighted by molar-refractivity contribution is -0.143. The Morgan fingerprint density at radius 1 is 1.43 bits per heavy atom. The summed E-state index contributed by atoms with van der Waals surface area (Å²) >= 11 is 0.959. The molecule has 1 atom stereocenters. The smallest absolute Gasteiger partial charge is 0.350 e. The minimum Gasteiger partial charge on any atom is -0.466 e. The average Bonchev–Trinajstić information content (AvgIpc) is 3.01. The second-order valence-corrected chi connectivity index (χ2v) is 7.36. The molecule has 1 aliphatic heterocycles. The number of amides is 2. The molecule has 8 nitrogen and oxygen atoms in total. The molecule has 1 aliphatic rings. The number of thiazole rings is 1. The van der Waals surface area contributed by atoms with Crippen LogP contribution in [-0.2, 0) is 14.3 Å². The molecule has 2 aromatic rings. The molecule has 0 bridgehead atoms. The first-order valence-corrected chi connectivity index (χ1v) is 9.24. The number of hydrogen-bond donors (Lipinski definition) is 2. The van der Waals surface area contributed by atoms with Crippen molar-refractivity contribution in [2.75, 3.05) is 17.2 Å². The van der Waals surface area contributed by atoms with E-state index in [1.54, 1.807) is 19.1 Å². The van der Waals surface area contributed by atoms with Crippen molar-refractivity contribution in [3.8, 4) is 5.75 Å². The van der Waals surface area contributed by atoms with Crippen LogP contribution in [0.2, 0.25) is 0 Å². The topological polar surface area (TPSA) is 107 Å². The van der Waals surface area contributed by atoms with Crippen LogP contribution < -0.4 is 15.4 Å². The Balaban J connectivity index is 1.79. The highest BCUT2D eigenvalue weighted by atomic mass is 32.1. The summed E-state index contributed by atoms with van der Waals surface area (Å²) in [6.45, 7) is 8.44. The zero-order valence-electron chi connectivity index (χ0n) is 15.6. The summed E-state index contributed by atoms with van der Waals surface area (Å²) < 4.78 is 10.7. The summed E-state index contributed by atoms with van der Waals surface area (Å²) in [7, 11) is 0. The maximum absolute atomic E-state index is 12.8. The molecule has 1 aromatic heterocycles. The van der Waals surface area contributed by atoms with Crippen LogP contribution in [0.3, 0.4) is 0 Å². The minimum absolute atomic E-state index is 0.0723. The Hall–Kier alpha value is -3.20. The van der Waals surface area contributed by atoms with Crippen molar-refractivity contribution in [3.05, 3.63) is 47.0 Å². The van der Waals surface area contributed by atoms with Gasteiger partial charge in [-0.25, -0.2) is 9.78 Å². The molecule has 1 unspecified atom stereocenters. The number of anilines is 2. The quantitative estimate of drug-likeness (QED) is 0.453. The number of carbonyl (C=O) groups excluding carboxylic acids is 3. The van der Waals surface area contributed by atoms with E-state index in [0.29, 0.717) is 17.1 Å². The largest absolute Gasteiger partial charge is 0.466 e. The number of benzene rings is 1. The van der Waals surface area contributed by atoms with Crippen LogP contribution in [0.15, 0.2) is 30.9 Å². The summed E-state index contributed by atoms with van der Waals surface area (Å²) in [5.41, 5.74) is 0.0810. The normalized spacial score (nSPS) is 17.8. The fraction of sp³-hybridized carbons (Fsp3) is 0.263.